The summed E-state index contributed by atoms with van der Waals surface area (Å²) in [5.41, 5.74) is 0.554. The van der Waals surface area contributed by atoms with Gasteiger partial charge < -0.3 is 10.1 Å². The lowest BCUT2D eigenvalue weighted by atomic mass is 10.1. The predicted octanol–water partition coefficient (Wildman–Crippen LogP) is 3.72. The molecule has 0 amide bonds. The van der Waals surface area contributed by atoms with Gasteiger partial charge in [0, 0.05) is 13.2 Å². The summed E-state index contributed by atoms with van der Waals surface area (Å²) in [7, 11) is 0. The molecule has 0 fully saturated rings. The summed E-state index contributed by atoms with van der Waals surface area (Å²) in [6.07, 6.45) is -3.50. The third-order valence-corrected chi connectivity index (χ3v) is 2.54. The molecule has 0 saturated heterocycles. The lowest BCUT2D eigenvalue weighted by Gasteiger charge is -2.20. The lowest BCUT2D eigenvalue weighted by molar-refractivity contribution is 0.193. The first-order valence-electron chi connectivity index (χ1n) is 10.4. The van der Waals surface area contributed by atoms with Crippen LogP contribution in [0.15, 0.2) is 54.5 Å². The topological polar surface area (TPSA) is 21.3 Å². The van der Waals surface area contributed by atoms with E-state index in [4.69, 9.17) is 17.1 Å². The fraction of sp³-hybridized carbons (Fsp3) is 0.294. The third kappa shape index (κ3) is 3.83. The summed E-state index contributed by atoms with van der Waals surface area (Å²) >= 11 is 0. The first-order valence-corrected chi connectivity index (χ1v) is 5.88. The Morgan fingerprint density at radius 1 is 1.32 bits per heavy atom. The Balaban J connectivity index is 2.51. The van der Waals surface area contributed by atoms with E-state index >= 15 is 0 Å². The Hall–Kier alpha value is -1.80. The SMILES string of the molecule is [2H]c1c([2H])c([2H])c(OC(c2ccccc2)C([2H])([2H])CNC([2H])([2H])[2H])c(C)c1[2H]. The van der Waals surface area contributed by atoms with Crippen LogP contribution in [0.25, 0.3) is 0 Å². The summed E-state index contributed by atoms with van der Waals surface area (Å²) in [5, 5.41) is 2.15. The fourth-order valence-corrected chi connectivity index (χ4v) is 1.60. The molecular formula is C17H21NO. The Morgan fingerprint density at radius 3 is 2.89 bits per heavy atom. The van der Waals surface area contributed by atoms with E-state index in [1.807, 2.05) is 0 Å². The minimum atomic E-state index is -2.54. The molecule has 0 aliphatic heterocycles. The number of hydrogen-bond donors (Lipinski definition) is 1. The molecule has 2 rings (SSSR count). The standard InChI is InChI=1S/C17H21NO/c1-14-8-6-7-11-16(14)19-17(12-13-18-2)15-9-4-3-5-10-15/h3-11,17-18H,12-13H2,1-2H3/i2D3,6D,7D,8D,11D,12D2. The van der Waals surface area contributed by atoms with Crippen LogP contribution in [0.3, 0.4) is 0 Å². The Kier molecular flexibility index (Phi) is 2.23. The molecule has 2 heteroatoms. The normalized spacial score (nSPS) is 20.4. The van der Waals surface area contributed by atoms with Gasteiger partial charge in [-0.15, -0.1) is 0 Å². The van der Waals surface area contributed by atoms with Gasteiger partial charge in [0.05, 0.1) is 5.48 Å². The van der Waals surface area contributed by atoms with Gasteiger partial charge >= 0.3 is 0 Å². The smallest absolute Gasteiger partial charge is 0.125 e. The number of nitrogens with one attached hydrogen (secondary N) is 1. The van der Waals surface area contributed by atoms with Gasteiger partial charge in [-0.05, 0) is 37.6 Å². The summed E-state index contributed by atoms with van der Waals surface area (Å²) in [5.74, 6) is -0.169. The number of rotatable bonds is 6. The molecule has 0 bridgehead atoms. The zero-order valence-electron chi connectivity index (χ0n) is 19.6. The van der Waals surface area contributed by atoms with Crippen LogP contribution in [-0.4, -0.2) is 13.5 Å². The van der Waals surface area contributed by atoms with Crippen molar-refractivity contribution >= 4 is 0 Å². The highest BCUT2D eigenvalue weighted by molar-refractivity contribution is 5.33. The van der Waals surface area contributed by atoms with Crippen LogP contribution in [0.1, 0.15) is 35.9 Å². The van der Waals surface area contributed by atoms with Gasteiger partial charge in [0.2, 0.25) is 0 Å². The maximum absolute atomic E-state index is 8.38. The first kappa shape index (κ1) is 6.10. The predicted molar refractivity (Wildman–Crippen MR) is 79.5 cm³/mol. The number of hydrogen-bond acceptors (Lipinski definition) is 2. The zero-order chi connectivity index (χ0) is 21.3. The van der Waals surface area contributed by atoms with E-state index in [0.29, 0.717) is 5.56 Å². The molecule has 0 aliphatic carbocycles. The molecule has 2 aromatic carbocycles. The highest BCUT2D eigenvalue weighted by Gasteiger charge is 2.13. The second-order valence-electron chi connectivity index (χ2n) is 3.92. The van der Waals surface area contributed by atoms with Crippen molar-refractivity contribution in [2.75, 3.05) is 13.5 Å². The van der Waals surface area contributed by atoms with Crippen LogP contribution in [0.5, 0.6) is 5.75 Å². The summed E-state index contributed by atoms with van der Waals surface area (Å²) < 4.78 is 75.9. The van der Waals surface area contributed by atoms with Crippen LogP contribution in [0.4, 0.5) is 0 Å². The van der Waals surface area contributed by atoms with Crippen molar-refractivity contribution in [3.8, 4) is 5.75 Å². The van der Waals surface area contributed by atoms with Gasteiger partial charge in [-0.1, -0.05) is 48.5 Å². The maximum Gasteiger partial charge on any atom is 0.125 e. The van der Waals surface area contributed by atoms with E-state index in [0.717, 1.165) is 0 Å². The summed E-state index contributed by atoms with van der Waals surface area (Å²) in [6, 6.07) is 6.71. The number of benzene rings is 2. The Labute approximate surface area is 128 Å². The largest absolute Gasteiger partial charge is 0.485 e. The summed E-state index contributed by atoms with van der Waals surface area (Å²) in [6.45, 7) is -1.63. The molecule has 1 N–H and O–H groups in total. The van der Waals surface area contributed by atoms with Gasteiger partial charge in [-0.2, -0.15) is 0 Å². The molecule has 2 nitrogen and oxygen atoms in total. The van der Waals surface area contributed by atoms with Crippen molar-refractivity contribution < 1.29 is 17.1 Å². The number of ether oxygens (including phenoxy) is 1. The van der Waals surface area contributed by atoms with Crippen LogP contribution < -0.4 is 10.1 Å². The van der Waals surface area contributed by atoms with Crippen molar-refractivity contribution in [1.82, 2.24) is 5.32 Å². The van der Waals surface area contributed by atoms with Crippen LogP contribution in [0, 0.1) is 6.92 Å². The highest BCUT2D eigenvalue weighted by Crippen LogP contribution is 2.26. The quantitative estimate of drug-likeness (QED) is 0.858. The van der Waals surface area contributed by atoms with Gasteiger partial charge in [-0.25, -0.2) is 0 Å². The number of para-hydroxylation sites is 1. The second-order valence-corrected chi connectivity index (χ2v) is 3.92. The third-order valence-electron chi connectivity index (χ3n) is 2.54. The van der Waals surface area contributed by atoms with E-state index in [1.54, 1.807) is 30.3 Å². The van der Waals surface area contributed by atoms with E-state index in [9.17, 15) is 0 Å². The summed E-state index contributed by atoms with van der Waals surface area (Å²) in [4.78, 5) is 0. The van der Waals surface area contributed by atoms with Crippen molar-refractivity contribution in [3.63, 3.8) is 0 Å². The van der Waals surface area contributed by atoms with Crippen LogP contribution in [-0.2, 0) is 0 Å². The monoisotopic (exact) mass is 264 g/mol. The second kappa shape index (κ2) is 6.95. The molecule has 0 heterocycles. The molecule has 0 spiro atoms. The van der Waals surface area contributed by atoms with Crippen LogP contribution in [0.2, 0.25) is 0 Å². The van der Waals surface area contributed by atoms with Gasteiger partial charge in [0.15, 0.2) is 0 Å². The molecule has 100 valence electrons. The van der Waals surface area contributed by atoms with Crippen molar-refractivity contribution in [1.29, 1.82) is 0 Å². The fourth-order valence-electron chi connectivity index (χ4n) is 1.60. The van der Waals surface area contributed by atoms with Gasteiger partial charge in [-0.3, -0.25) is 0 Å². The first-order chi connectivity index (χ1) is 12.8. The van der Waals surface area contributed by atoms with Gasteiger partial charge in [0.1, 0.15) is 11.9 Å². The van der Waals surface area contributed by atoms with Crippen LogP contribution >= 0.6 is 0 Å². The van der Waals surface area contributed by atoms with Crippen molar-refractivity contribution in [2.45, 2.75) is 19.4 Å². The molecule has 0 aromatic heterocycles. The molecule has 0 aliphatic rings. The van der Waals surface area contributed by atoms with Crippen molar-refractivity contribution in [2.24, 2.45) is 0 Å². The molecule has 0 saturated carbocycles. The minimum absolute atomic E-state index is 0.145. The maximum atomic E-state index is 8.38. The molecule has 1 unspecified atom stereocenters. The molecule has 2 aromatic rings. The Morgan fingerprint density at radius 2 is 2.11 bits per heavy atom. The van der Waals surface area contributed by atoms with E-state index < -0.39 is 44.1 Å². The molecule has 19 heavy (non-hydrogen) atoms. The lowest BCUT2D eigenvalue weighted by Crippen LogP contribution is -2.16. The van der Waals surface area contributed by atoms with Crippen molar-refractivity contribution in [3.05, 3.63) is 65.6 Å². The van der Waals surface area contributed by atoms with E-state index in [1.165, 1.54) is 6.92 Å². The van der Waals surface area contributed by atoms with E-state index in [2.05, 4.69) is 5.32 Å². The molecular weight excluding hydrogens is 234 g/mol. The van der Waals surface area contributed by atoms with E-state index in [-0.39, 0.29) is 17.4 Å². The highest BCUT2D eigenvalue weighted by atomic mass is 16.5. The molecule has 1 atom stereocenters. The average Bonchev–Trinajstić information content (AvgIpc) is 2.63. The average molecular weight is 264 g/mol. The Bertz CT molecular complexity index is 808. The van der Waals surface area contributed by atoms with Gasteiger partial charge in [0.25, 0.3) is 0 Å². The minimum Gasteiger partial charge on any atom is -0.485 e. The molecule has 0 radical (unpaired) electrons. The zero-order valence-corrected chi connectivity index (χ0v) is 10.6.